The third-order valence-electron chi connectivity index (χ3n) is 4.11. The summed E-state index contributed by atoms with van der Waals surface area (Å²) in [5.74, 6) is 1.05. The van der Waals surface area contributed by atoms with E-state index < -0.39 is 0 Å². The van der Waals surface area contributed by atoms with E-state index in [4.69, 9.17) is 9.47 Å². The van der Waals surface area contributed by atoms with Crippen molar-refractivity contribution in [3.63, 3.8) is 0 Å². The molecule has 1 unspecified atom stereocenters. The number of hydrogen-bond donors (Lipinski definition) is 1. The maximum Gasteiger partial charge on any atom is 0.128 e. The minimum atomic E-state index is 0.647. The van der Waals surface area contributed by atoms with Crippen molar-refractivity contribution in [2.45, 2.75) is 44.8 Å². The minimum Gasteiger partial charge on any atom is -0.493 e. The van der Waals surface area contributed by atoms with Crippen LogP contribution in [0.4, 0.5) is 0 Å². The molecule has 3 nitrogen and oxygen atoms in total. The Morgan fingerprint density at radius 2 is 2.30 bits per heavy atom. The van der Waals surface area contributed by atoms with Crippen molar-refractivity contribution in [3.05, 3.63) is 27.7 Å². The van der Waals surface area contributed by atoms with Gasteiger partial charge in [0.2, 0.25) is 0 Å². The fraction of sp³-hybridized carbons (Fsp3) is 0.625. The summed E-state index contributed by atoms with van der Waals surface area (Å²) in [6.07, 6.45) is 6.08. The van der Waals surface area contributed by atoms with Crippen molar-refractivity contribution in [3.8, 4) is 5.75 Å². The normalized spacial score (nSPS) is 21.6. The predicted molar refractivity (Wildman–Crippen MR) is 83.3 cm³/mol. The highest BCUT2D eigenvalue weighted by Gasteiger charge is 2.18. The van der Waals surface area contributed by atoms with Gasteiger partial charge in [-0.3, -0.25) is 0 Å². The fourth-order valence-electron chi connectivity index (χ4n) is 3.03. The van der Waals surface area contributed by atoms with Gasteiger partial charge in [-0.15, -0.1) is 0 Å². The first-order valence-electron chi connectivity index (χ1n) is 7.58. The minimum absolute atomic E-state index is 0.647. The highest BCUT2D eigenvalue weighted by atomic mass is 79.9. The van der Waals surface area contributed by atoms with Gasteiger partial charge < -0.3 is 14.8 Å². The van der Waals surface area contributed by atoms with Gasteiger partial charge in [0.1, 0.15) is 5.75 Å². The Hall–Kier alpha value is -0.580. The molecular weight excluding hydrogens is 318 g/mol. The number of hydrogen-bond acceptors (Lipinski definition) is 3. The van der Waals surface area contributed by atoms with Crippen molar-refractivity contribution >= 4 is 15.9 Å². The molecule has 2 heterocycles. The molecule has 1 N–H and O–H groups in total. The molecule has 1 aromatic carbocycles. The van der Waals surface area contributed by atoms with E-state index in [2.05, 4.69) is 33.4 Å². The molecule has 20 heavy (non-hydrogen) atoms. The Bertz CT molecular complexity index is 458. The van der Waals surface area contributed by atoms with Crippen LogP contribution in [0.5, 0.6) is 5.75 Å². The number of nitrogens with one attached hydrogen (secondary N) is 1. The van der Waals surface area contributed by atoms with Crippen molar-refractivity contribution < 1.29 is 9.47 Å². The lowest BCUT2D eigenvalue weighted by Crippen LogP contribution is -2.34. The molecule has 1 atom stereocenters. The molecule has 1 fully saturated rings. The van der Waals surface area contributed by atoms with Gasteiger partial charge in [-0.1, -0.05) is 22.4 Å². The zero-order valence-electron chi connectivity index (χ0n) is 11.8. The number of piperidine rings is 1. The summed E-state index contributed by atoms with van der Waals surface area (Å²) in [5, 5.41) is 3.56. The van der Waals surface area contributed by atoms with Gasteiger partial charge in [0, 0.05) is 29.1 Å². The zero-order valence-corrected chi connectivity index (χ0v) is 13.4. The van der Waals surface area contributed by atoms with Crippen molar-refractivity contribution in [2.75, 3.05) is 19.8 Å². The van der Waals surface area contributed by atoms with E-state index in [0.29, 0.717) is 12.6 Å². The number of fused-ring (bicyclic) bond motifs is 1. The molecule has 2 aliphatic rings. The first-order chi connectivity index (χ1) is 9.83. The Balaban J connectivity index is 1.49. The topological polar surface area (TPSA) is 30.5 Å². The summed E-state index contributed by atoms with van der Waals surface area (Å²) in [6, 6.07) is 4.91. The fourth-order valence-corrected chi connectivity index (χ4v) is 3.58. The summed E-state index contributed by atoms with van der Waals surface area (Å²) in [7, 11) is 0. The van der Waals surface area contributed by atoms with E-state index in [1.165, 1.54) is 30.4 Å². The van der Waals surface area contributed by atoms with E-state index in [9.17, 15) is 0 Å². The van der Waals surface area contributed by atoms with Crippen molar-refractivity contribution in [1.29, 1.82) is 0 Å². The molecule has 0 saturated carbocycles. The second-order valence-electron chi connectivity index (χ2n) is 5.64. The van der Waals surface area contributed by atoms with Crippen LogP contribution in [0.3, 0.4) is 0 Å². The highest BCUT2D eigenvalue weighted by molar-refractivity contribution is 9.10. The van der Waals surface area contributed by atoms with Gasteiger partial charge in [0.25, 0.3) is 0 Å². The second-order valence-corrected chi connectivity index (χ2v) is 6.56. The average molecular weight is 340 g/mol. The Kier molecular flexibility index (Phi) is 4.97. The highest BCUT2D eigenvalue weighted by Crippen LogP contribution is 2.33. The lowest BCUT2D eigenvalue weighted by atomic mass is 10.0. The Morgan fingerprint density at radius 1 is 1.35 bits per heavy atom. The molecular formula is C16H22BrNO2. The first-order valence-corrected chi connectivity index (χ1v) is 8.37. The number of rotatable bonds is 5. The van der Waals surface area contributed by atoms with E-state index >= 15 is 0 Å². The van der Waals surface area contributed by atoms with Crippen LogP contribution >= 0.6 is 15.9 Å². The molecule has 110 valence electrons. The van der Waals surface area contributed by atoms with E-state index in [1.807, 2.05) is 0 Å². The summed E-state index contributed by atoms with van der Waals surface area (Å²) >= 11 is 3.57. The molecule has 0 spiro atoms. The van der Waals surface area contributed by atoms with Gasteiger partial charge in [-0.2, -0.15) is 0 Å². The Labute approximate surface area is 129 Å². The third-order valence-corrected chi connectivity index (χ3v) is 4.56. The predicted octanol–water partition coefficient (Wildman–Crippen LogP) is 3.43. The van der Waals surface area contributed by atoms with E-state index in [-0.39, 0.29) is 0 Å². The second kappa shape index (κ2) is 6.92. The van der Waals surface area contributed by atoms with Crippen LogP contribution in [-0.2, 0) is 17.8 Å². The van der Waals surface area contributed by atoms with Gasteiger partial charge in [-0.25, -0.2) is 0 Å². The number of halogens is 1. The molecule has 0 radical (unpaired) electrons. The van der Waals surface area contributed by atoms with Gasteiger partial charge in [0.15, 0.2) is 0 Å². The maximum atomic E-state index is 5.86. The molecule has 3 rings (SSSR count). The van der Waals surface area contributed by atoms with Crippen LogP contribution < -0.4 is 10.1 Å². The van der Waals surface area contributed by atoms with Crippen LogP contribution in [-0.4, -0.2) is 25.8 Å². The summed E-state index contributed by atoms with van der Waals surface area (Å²) in [5.41, 5.74) is 2.47. The van der Waals surface area contributed by atoms with Crippen LogP contribution in [0.25, 0.3) is 0 Å². The maximum absolute atomic E-state index is 5.86. The standard InChI is InChI=1S/C16H22BrNO2/c17-14-9-12-4-8-20-16(12)13(10-14)11-19-7-5-15-3-1-2-6-18-15/h9-10,15,18H,1-8,11H2. The smallest absolute Gasteiger partial charge is 0.128 e. The van der Waals surface area contributed by atoms with Crippen LogP contribution in [0.2, 0.25) is 0 Å². The van der Waals surface area contributed by atoms with Gasteiger partial charge >= 0.3 is 0 Å². The molecule has 0 amide bonds. The quantitative estimate of drug-likeness (QED) is 0.833. The van der Waals surface area contributed by atoms with Crippen molar-refractivity contribution in [1.82, 2.24) is 5.32 Å². The van der Waals surface area contributed by atoms with Crippen LogP contribution in [0, 0.1) is 0 Å². The monoisotopic (exact) mass is 339 g/mol. The molecule has 4 heteroatoms. The molecule has 0 aromatic heterocycles. The molecule has 0 bridgehead atoms. The molecule has 0 aliphatic carbocycles. The Morgan fingerprint density at radius 3 is 3.15 bits per heavy atom. The van der Waals surface area contributed by atoms with E-state index in [1.54, 1.807) is 0 Å². The largest absolute Gasteiger partial charge is 0.493 e. The van der Waals surface area contributed by atoms with E-state index in [0.717, 1.165) is 42.8 Å². The SMILES string of the molecule is Brc1cc2c(c(COCCC3CCCCN3)c1)OCC2. The summed E-state index contributed by atoms with van der Waals surface area (Å²) < 4.78 is 12.7. The van der Waals surface area contributed by atoms with Crippen LogP contribution in [0.15, 0.2) is 16.6 Å². The van der Waals surface area contributed by atoms with Gasteiger partial charge in [0.05, 0.1) is 13.2 Å². The lowest BCUT2D eigenvalue weighted by molar-refractivity contribution is 0.106. The summed E-state index contributed by atoms with van der Waals surface area (Å²) in [6.45, 7) is 3.43. The van der Waals surface area contributed by atoms with Crippen LogP contribution in [0.1, 0.15) is 36.8 Å². The van der Waals surface area contributed by atoms with Crippen molar-refractivity contribution in [2.24, 2.45) is 0 Å². The number of ether oxygens (including phenoxy) is 2. The third kappa shape index (κ3) is 3.54. The first kappa shape index (κ1) is 14.4. The average Bonchev–Trinajstić information content (AvgIpc) is 2.92. The lowest BCUT2D eigenvalue weighted by Gasteiger charge is -2.23. The zero-order chi connectivity index (χ0) is 13.8. The molecule has 1 saturated heterocycles. The van der Waals surface area contributed by atoms with Gasteiger partial charge in [-0.05, 0) is 43.5 Å². The summed E-state index contributed by atoms with van der Waals surface area (Å²) in [4.78, 5) is 0. The molecule has 2 aliphatic heterocycles. The molecule has 1 aromatic rings. The number of benzene rings is 1.